The van der Waals surface area contributed by atoms with E-state index in [0.29, 0.717) is 5.82 Å². The molecule has 0 aliphatic carbocycles. The van der Waals surface area contributed by atoms with E-state index < -0.39 is 0 Å². The second-order valence-corrected chi connectivity index (χ2v) is 8.07. The number of thiazole rings is 1. The lowest BCUT2D eigenvalue weighted by Crippen LogP contribution is -2.17. The number of ether oxygens (including phenoxy) is 1. The second-order valence-electron chi connectivity index (χ2n) is 7.06. The topological polar surface area (TPSA) is 69.0 Å². The van der Waals surface area contributed by atoms with Gasteiger partial charge in [-0.3, -0.25) is 4.79 Å². The van der Waals surface area contributed by atoms with E-state index in [0.717, 1.165) is 32.4 Å². The van der Waals surface area contributed by atoms with E-state index in [4.69, 9.17) is 9.72 Å². The van der Waals surface area contributed by atoms with Gasteiger partial charge in [0.1, 0.15) is 11.6 Å². The molecule has 0 saturated heterocycles. The van der Waals surface area contributed by atoms with Gasteiger partial charge in [0.05, 0.1) is 29.4 Å². The van der Waals surface area contributed by atoms with Crippen LogP contribution in [-0.2, 0) is 11.2 Å². The number of hydrogen-bond acceptors (Lipinski definition) is 5. The van der Waals surface area contributed by atoms with Crippen LogP contribution in [0.15, 0.2) is 42.5 Å². The van der Waals surface area contributed by atoms with Crippen molar-refractivity contribution in [3.63, 3.8) is 0 Å². The third kappa shape index (κ3) is 4.00. The largest absolute Gasteiger partial charge is 0.497 e. The zero-order valence-electron chi connectivity index (χ0n) is 16.8. The van der Waals surface area contributed by atoms with Gasteiger partial charge in [0.2, 0.25) is 11.0 Å². The molecular weight excluding hydrogens is 384 g/mol. The number of nitrogens with one attached hydrogen (secondary N) is 1. The van der Waals surface area contributed by atoms with Crippen LogP contribution in [-0.4, -0.2) is 27.8 Å². The summed E-state index contributed by atoms with van der Waals surface area (Å²) in [4.78, 5) is 17.3. The van der Waals surface area contributed by atoms with Gasteiger partial charge in [-0.25, -0.2) is 4.98 Å². The SMILES string of the molecule is COc1ccc(CC(=O)Nc2cc(C)nn2-c2nc3cc(C)c(C)cc3s2)cc1. The van der Waals surface area contributed by atoms with Crippen LogP contribution in [0.2, 0.25) is 0 Å². The summed E-state index contributed by atoms with van der Waals surface area (Å²) in [5, 5.41) is 8.24. The summed E-state index contributed by atoms with van der Waals surface area (Å²) < 4.78 is 7.97. The number of carbonyl (C=O) groups excluding carboxylic acids is 1. The zero-order valence-corrected chi connectivity index (χ0v) is 17.6. The van der Waals surface area contributed by atoms with Crippen molar-refractivity contribution in [2.24, 2.45) is 0 Å². The predicted molar refractivity (Wildman–Crippen MR) is 116 cm³/mol. The quantitative estimate of drug-likeness (QED) is 0.526. The first-order valence-corrected chi connectivity index (χ1v) is 10.1. The number of anilines is 1. The molecule has 2 heterocycles. The highest BCUT2D eigenvalue weighted by atomic mass is 32.1. The molecule has 29 heavy (non-hydrogen) atoms. The molecule has 0 aliphatic heterocycles. The van der Waals surface area contributed by atoms with Crippen molar-refractivity contribution in [3.8, 4) is 10.9 Å². The summed E-state index contributed by atoms with van der Waals surface area (Å²) >= 11 is 1.56. The van der Waals surface area contributed by atoms with Crippen molar-refractivity contribution >= 4 is 33.3 Å². The van der Waals surface area contributed by atoms with Gasteiger partial charge in [-0.1, -0.05) is 23.5 Å². The number of nitrogens with zero attached hydrogens (tertiary/aromatic N) is 3. The van der Waals surface area contributed by atoms with Crippen molar-refractivity contribution in [2.75, 3.05) is 12.4 Å². The van der Waals surface area contributed by atoms with Gasteiger partial charge in [-0.15, -0.1) is 0 Å². The molecule has 7 heteroatoms. The molecule has 4 rings (SSSR count). The highest BCUT2D eigenvalue weighted by molar-refractivity contribution is 7.20. The monoisotopic (exact) mass is 406 g/mol. The molecule has 0 spiro atoms. The Hall–Kier alpha value is -3.19. The Balaban J connectivity index is 1.58. The number of methoxy groups -OCH3 is 1. The predicted octanol–water partition coefficient (Wildman–Crippen LogP) is 4.60. The van der Waals surface area contributed by atoms with Crippen molar-refractivity contribution in [1.82, 2.24) is 14.8 Å². The molecule has 0 atom stereocenters. The van der Waals surface area contributed by atoms with E-state index in [1.54, 1.807) is 23.1 Å². The van der Waals surface area contributed by atoms with E-state index in [1.807, 2.05) is 37.3 Å². The van der Waals surface area contributed by atoms with Gasteiger partial charge < -0.3 is 10.1 Å². The van der Waals surface area contributed by atoms with Crippen molar-refractivity contribution in [3.05, 3.63) is 64.8 Å². The molecule has 1 amide bonds. The Morgan fingerprint density at radius 3 is 2.55 bits per heavy atom. The molecule has 148 valence electrons. The maximum atomic E-state index is 12.6. The number of fused-ring (bicyclic) bond motifs is 1. The number of aromatic nitrogens is 3. The summed E-state index contributed by atoms with van der Waals surface area (Å²) in [7, 11) is 1.62. The van der Waals surface area contributed by atoms with E-state index in [2.05, 4.69) is 36.4 Å². The number of aryl methyl sites for hydroxylation is 3. The van der Waals surface area contributed by atoms with Crippen LogP contribution in [0.4, 0.5) is 5.82 Å². The fourth-order valence-electron chi connectivity index (χ4n) is 3.11. The minimum absolute atomic E-state index is 0.107. The molecule has 2 aromatic heterocycles. The number of rotatable bonds is 5. The maximum Gasteiger partial charge on any atom is 0.229 e. The summed E-state index contributed by atoms with van der Waals surface area (Å²) in [6.07, 6.45) is 0.270. The van der Waals surface area contributed by atoms with Crippen LogP contribution in [0.5, 0.6) is 5.75 Å². The fourth-order valence-corrected chi connectivity index (χ4v) is 4.12. The average Bonchev–Trinajstić information content (AvgIpc) is 3.25. The van der Waals surface area contributed by atoms with Crippen molar-refractivity contribution in [2.45, 2.75) is 27.2 Å². The molecule has 0 aliphatic rings. The maximum absolute atomic E-state index is 12.6. The first-order chi connectivity index (χ1) is 13.9. The van der Waals surface area contributed by atoms with E-state index >= 15 is 0 Å². The summed E-state index contributed by atoms with van der Waals surface area (Å²) in [6.45, 7) is 6.07. The third-order valence-corrected chi connectivity index (χ3v) is 5.79. The summed E-state index contributed by atoms with van der Waals surface area (Å²) in [6, 6.07) is 13.6. The normalized spacial score (nSPS) is 11.0. The molecule has 4 aromatic rings. The highest BCUT2D eigenvalue weighted by Gasteiger charge is 2.15. The molecule has 0 unspecified atom stereocenters. The Labute approximate surface area is 173 Å². The van der Waals surface area contributed by atoms with Crippen molar-refractivity contribution < 1.29 is 9.53 Å². The van der Waals surface area contributed by atoms with Crippen LogP contribution >= 0.6 is 11.3 Å². The van der Waals surface area contributed by atoms with Crippen molar-refractivity contribution in [1.29, 1.82) is 0 Å². The van der Waals surface area contributed by atoms with Crippen LogP contribution in [0.1, 0.15) is 22.4 Å². The highest BCUT2D eigenvalue weighted by Crippen LogP contribution is 2.29. The number of amides is 1. The molecule has 6 nitrogen and oxygen atoms in total. The summed E-state index contributed by atoms with van der Waals surface area (Å²) in [5.74, 6) is 1.28. The van der Waals surface area contributed by atoms with Crippen LogP contribution in [0.3, 0.4) is 0 Å². The van der Waals surface area contributed by atoms with E-state index in [1.165, 1.54) is 11.1 Å². The Bertz CT molecular complexity index is 1150. The summed E-state index contributed by atoms with van der Waals surface area (Å²) in [5.41, 5.74) is 5.11. The average molecular weight is 407 g/mol. The molecule has 0 fully saturated rings. The smallest absolute Gasteiger partial charge is 0.229 e. The van der Waals surface area contributed by atoms with Gasteiger partial charge in [0.25, 0.3) is 0 Å². The lowest BCUT2D eigenvalue weighted by molar-refractivity contribution is -0.115. The third-order valence-electron chi connectivity index (χ3n) is 4.80. The minimum Gasteiger partial charge on any atom is -0.497 e. The lowest BCUT2D eigenvalue weighted by atomic mass is 10.1. The van der Waals surface area contributed by atoms with Gasteiger partial charge >= 0.3 is 0 Å². The van der Waals surface area contributed by atoms with Crippen LogP contribution in [0.25, 0.3) is 15.3 Å². The lowest BCUT2D eigenvalue weighted by Gasteiger charge is -2.07. The van der Waals surface area contributed by atoms with Gasteiger partial charge in [0, 0.05) is 6.07 Å². The second kappa shape index (κ2) is 7.67. The van der Waals surface area contributed by atoms with E-state index in [-0.39, 0.29) is 12.3 Å². The van der Waals surface area contributed by atoms with Crippen LogP contribution in [0, 0.1) is 20.8 Å². The number of carbonyl (C=O) groups is 1. The first kappa shape index (κ1) is 19.1. The number of hydrogen-bond donors (Lipinski definition) is 1. The zero-order chi connectivity index (χ0) is 20.5. The van der Waals surface area contributed by atoms with Gasteiger partial charge in [-0.2, -0.15) is 9.78 Å². The van der Waals surface area contributed by atoms with Gasteiger partial charge in [-0.05, 0) is 61.7 Å². The minimum atomic E-state index is -0.107. The standard InChI is InChI=1S/C22H22N4O2S/c1-13-9-18-19(10-14(13)2)29-22(23-18)26-20(11-15(3)25-26)24-21(27)12-16-5-7-17(28-4)8-6-16/h5-11H,12H2,1-4H3,(H,24,27). The molecule has 0 saturated carbocycles. The molecule has 1 N–H and O–H groups in total. The van der Waals surface area contributed by atoms with E-state index in [9.17, 15) is 4.79 Å². The Kier molecular flexibility index (Phi) is 5.07. The van der Waals surface area contributed by atoms with Crippen LogP contribution < -0.4 is 10.1 Å². The fraction of sp³-hybridized carbons (Fsp3) is 0.227. The molecule has 2 aromatic carbocycles. The Morgan fingerprint density at radius 1 is 1.10 bits per heavy atom. The Morgan fingerprint density at radius 2 is 1.83 bits per heavy atom. The first-order valence-electron chi connectivity index (χ1n) is 9.30. The number of benzene rings is 2. The molecule has 0 bridgehead atoms. The molecular formula is C22H22N4O2S. The van der Waals surface area contributed by atoms with Gasteiger partial charge in [0.15, 0.2) is 0 Å². The molecule has 0 radical (unpaired) electrons.